The Kier molecular flexibility index (Phi) is 6.69. The number of likely N-dealkylation sites (tertiary alicyclic amines) is 1. The van der Waals surface area contributed by atoms with E-state index in [-0.39, 0.29) is 18.1 Å². The highest BCUT2D eigenvalue weighted by Gasteiger charge is 2.44. The molecule has 3 aromatic carbocycles. The average Bonchev–Trinajstić information content (AvgIpc) is 3.60. The lowest BCUT2D eigenvalue weighted by Crippen LogP contribution is -2.52. The first-order valence-corrected chi connectivity index (χ1v) is 14.2. The van der Waals surface area contributed by atoms with Crippen molar-refractivity contribution >= 4 is 17.6 Å². The summed E-state index contributed by atoms with van der Waals surface area (Å²) >= 11 is 0. The zero-order chi connectivity index (χ0) is 30.3. The van der Waals surface area contributed by atoms with Gasteiger partial charge in [0.15, 0.2) is 5.78 Å². The van der Waals surface area contributed by atoms with Gasteiger partial charge in [0.2, 0.25) is 5.91 Å². The van der Waals surface area contributed by atoms with Gasteiger partial charge in [-0.25, -0.2) is 0 Å². The molecule has 0 aliphatic carbocycles. The number of benzene rings is 3. The number of hydrogen-bond donors (Lipinski definition) is 1. The van der Waals surface area contributed by atoms with E-state index in [1.165, 1.54) is 6.20 Å². The van der Waals surface area contributed by atoms with Gasteiger partial charge in [-0.2, -0.15) is 5.21 Å². The largest absolute Gasteiger partial charge is 0.486 e. The third-order valence-corrected chi connectivity index (χ3v) is 8.27. The summed E-state index contributed by atoms with van der Waals surface area (Å²) in [7, 11) is 0. The van der Waals surface area contributed by atoms with Gasteiger partial charge in [-0.05, 0) is 58.7 Å². The number of primary amides is 1. The van der Waals surface area contributed by atoms with Crippen molar-refractivity contribution in [2.45, 2.75) is 24.9 Å². The quantitative estimate of drug-likeness (QED) is 0.323. The lowest BCUT2D eigenvalue weighted by Gasteiger charge is -2.44. The maximum Gasteiger partial charge on any atom is 0.253 e. The van der Waals surface area contributed by atoms with E-state index in [4.69, 9.17) is 10.5 Å². The number of pyridine rings is 1. The molecule has 2 aromatic heterocycles. The molecule has 1 spiro atoms. The van der Waals surface area contributed by atoms with E-state index in [0.717, 1.165) is 16.7 Å². The fourth-order valence-electron chi connectivity index (χ4n) is 5.92. The van der Waals surface area contributed by atoms with Crippen LogP contribution in [0.2, 0.25) is 0 Å². The van der Waals surface area contributed by atoms with E-state index >= 15 is 0 Å². The molecule has 0 saturated carbocycles. The summed E-state index contributed by atoms with van der Waals surface area (Å²) in [6.45, 7) is 0.873. The predicted molar refractivity (Wildman–Crippen MR) is 160 cm³/mol. The second kappa shape index (κ2) is 10.8. The summed E-state index contributed by atoms with van der Waals surface area (Å²) in [5.74, 6) is 0.149. The van der Waals surface area contributed by atoms with Crippen LogP contribution < -0.4 is 15.6 Å². The van der Waals surface area contributed by atoms with Crippen molar-refractivity contribution in [3.8, 4) is 39.4 Å². The number of rotatable bonds is 5. The lowest BCUT2D eigenvalue weighted by atomic mass is 9.82. The maximum atomic E-state index is 13.8. The fourth-order valence-corrected chi connectivity index (χ4v) is 5.92. The smallest absolute Gasteiger partial charge is 0.253 e. The number of carbonyl (C=O) groups is 3. The second-order valence-electron chi connectivity index (χ2n) is 11.1. The molecule has 2 aliphatic heterocycles. The third-order valence-electron chi connectivity index (χ3n) is 8.27. The molecule has 11 nitrogen and oxygen atoms in total. The molecule has 0 unspecified atom stereocenters. The Hall–Kier alpha value is -5.71. The molecule has 7 rings (SSSR count). The average molecular weight is 585 g/mol. The molecule has 0 atom stereocenters. The van der Waals surface area contributed by atoms with E-state index in [2.05, 4.69) is 25.6 Å². The Bertz CT molecular complexity index is 1900. The summed E-state index contributed by atoms with van der Waals surface area (Å²) in [4.78, 5) is 44.7. The lowest BCUT2D eigenvalue weighted by molar-refractivity contribution is -0.00570. The first kappa shape index (κ1) is 27.1. The van der Waals surface area contributed by atoms with Crippen LogP contribution in [-0.2, 0) is 0 Å². The van der Waals surface area contributed by atoms with Crippen LogP contribution in [0.5, 0.6) is 5.75 Å². The molecule has 1 fully saturated rings. The topological polar surface area (TPSA) is 155 Å². The first-order chi connectivity index (χ1) is 21.4. The van der Waals surface area contributed by atoms with Crippen molar-refractivity contribution in [1.29, 1.82) is 0 Å². The van der Waals surface area contributed by atoms with Gasteiger partial charge in [0, 0.05) is 55.3 Å². The second-order valence-corrected chi connectivity index (χ2v) is 11.1. The van der Waals surface area contributed by atoms with Gasteiger partial charge >= 0.3 is 0 Å². The highest BCUT2D eigenvalue weighted by Crippen LogP contribution is 2.41. The number of amides is 2. The molecule has 2 N–H and O–H groups in total. The molecule has 218 valence electrons. The minimum atomic E-state index is -0.687. The summed E-state index contributed by atoms with van der Waals surface area (Å²) in [5.41, 5.74) is 9.90. The van der Waals surface area contributed by atoms with E-state index in [0.29, 0.717) is 65.3 Å². The number of fused-ring (bicyclic) bond motifs is 1. The SMILES string of the molecule is NC(=O)c1cncc(-c2ccc3c(c2)C(=O)CC2(CCN(C(=O)c4cc(-c5ccccc5)cc(-c5nnn[n-]5)c4)CC2)O3)c1. The van der Waals surface area contributed by atoms with E-state index < -0.39 is 11.5 Å². The minimum Gasteiger partial charge on any atom is -0.486 e. The molecular formula is C33H26N7O4-. The number of nitrogens with zero attached hydrogens (tertiary/aromatic N) is 6. The molecule has 44 heavy (non-hydrogen) atoms. The molecule has 0 radical (unpaired) electrons. The van der Waals surface area contributed by atoms with E-state index in [1.807, 2.05) is 48.5 Å². The molecule has 0 bridgehead atoms. The van der Waals surface area contributed by atoms with Gasteiger partial charge in [0.05, 0.1) is 17.5 Å². The van der Waals surface area contributed by atoms with Crippen LogP contribution in [0.15, 0.2) is 85.2 Å². The molecule has 2 aliphatic rings. The van der Waals surface area contributed by atoms with Crippen molar-refractivity contribution in [2.24, 2.45) is 5.73 Å². The van der Waals surface area contributed by atoms with Gasteiger partial charge in [0.1, 0.15) is 11.4 Å². The number of nitrogens with two attached hydrogens (primary N) is 1. The molecule has 1 saturated heterocycles. The van der Waals surface area contributed by atoms with Crippen LogP contribution in [0, 0.1) is 0 Å². The third kappa shape index (κ3) is 5.08. The molecule has 2 amide bonds. The molecule has 4 heterocycles. The maximum absolute atomic E-state index is 13.8. The van der Waals surface area contributed by atoms with Gasteiger partial charge in [-0.15, -0.1) is 0 Å². The molecule has 11 heteroatoms. The van der Waals surface area contributed by atoms with Crippen molar-refractivity contribution in [3.63, 3.8) is 0 Å². The van der Waals surface area contributed by atoms with E-state index in [9.17, 15) is 14.4 Å². The predicted octanol–water partition coefficient (Wildman–Crippen LogP) is 3.96. The number of hydrogen-bond acceptors (Lipinski definition) is 8. The van der Waals surface area contributed by atoms with Crippen molar-refractivity contribution in [2.75, 3.05) is 13.1 Å². The number of tetrazole rings is 1. The van der Waals surface area contributed by atoms with E-state index in [1.54, 1.807) is 35.4 Å². The van der Waals surface area contributed by atoms with Gasteiger partial charge in [-0.3, -0.25) is 29.7 Å². The van der Waals surface area contributed by atoms with Crippen LogP contribution in [0.1, 0.15) is 50.3 Å². The monoisotopic (exact) mass is 584 g/mol. The van der Waals surface area contributed by atoms with Gasteiger partial charge in [-0.1, -0.05) is 36.4 Å². The van der Waals surface area contributed by atoms with Crippen molar-refractivity contribution in [3.05, 3.63) is 102 Å². The highest BCUT2D eigenvalue weighted by molar-refractivity contribution is 6.02. The fraction of sp³-hybridized carbons (Fsp3) is 0.182. The summed E-state index contributed by atoms with van der Waals surface area (Å²) in [6.07, 6.45) is 4.27. The number of Topliss-reactive ketones (excluding diaryl/α,β-unsaturated/α-hetero) is 1. The van der Waals surface area contributed by atoms with Crippen LogP contribution in [0.25, 0.3) is 33.6 Å². The zero-order valence-electron chi connectivity index (χ0n) is 23.5. The Labute approximate surface area is 252 Å². The summed E-state index contributed by atoms with van der Waals surface area (Å²) < 4.78 is 6.48. The van der Waals surface area contributed by atoms with Gasteiger partial charge in [0.25, 0.3) is 5.91 Å². The molecular weight excluding hydrogens is 558 g/mol. The Balaban J connectivity index is 1.10. The highest BCUT2D eigenvalue weighted by atomic mass is 16.5. The van der Waals surface area contributed by atoms with Crippen LogP contribution in [-0.4, -0.2) is 61.7 Å². The zero-order valence-corrected chi connectivity index (χ0v) is 23.5. The Morgan fingerprint density at radius 2 is 1.61 bits per heavy atom. The number of carbonyl (C=O) groups excluding carboxylic acids is 3. The number of ether oxygens (including phenoxy) is 1. The van der Waals surface area contributed by atoms with Crippen molar-refractivity contribution in [1.82, 2.24) is 30.5 Å². The number of piperidine rings is 1. The van der Waals surface area contributed by atoms with Crippen molar-refractivity contribution < 1.29 is 19.1 Å². The normalized spacial score (nSPS) is 15.5. The Morgan fingerprint density at radius 1 is 0.841 bits per heavy atom. The van der Waals surface area contributed by atoms with Gasteiger partial charge < -0.3 is 20.5 Å². The molecule has 5 aromatic rings. The number of aromatic nitrogens is 5. The standard InChI is InChI=1S/C33H27N7O4/c34-30(42)26-15-25(18-35-19-26)21-6-7-29-27(16-21)28(41)17-33(44-29)8-10-40(11-9-33)32(43)24-13-22(20-4-2-1-3-5-20)12-23(14-24)31-36-38-39-37-31/h1-7,12-16,18-19H,8-11,17H2,(H3,34,36,37,38,39,42)/p-1. The van der Waals surface area contributed by atoms with Crippen LogP contribution in [0.3, 0.4) is 0 Å². The first-order valence-electron chi connectivity index (χ1n) is 14.2. The van der Waals surface area contributed by atoms with Crippen LogP contribution in [0.4, 0.5) is 0 Å². The van der Waals surface area contributed by atoms with Crippen LogP contribution >= 0.6 is 0 Å². The summed E-state index contributed by atoms with van der Waals surface area (Å²) in [5, 5.41) is 15.2. The number of ketones is 1. The summed E-state index contributed by atoms with van der Waals surface area (Å²) in [6, 6.07) is 22.4. The minimum absolute atomic E-state index is 0.0241. The Morgan fingerprint density at radius 3 is 2.36 bits per heavy atom.